The zero-order valence-corrected chi connectivity index (χ0v) is 25.2. The number of esters is 1. The maximum Gasteiger partial charge on any atom is 0.312 e. The Bertz CT molecular complexity index is 1200. The van der Waals surface area contributed by atoms with E-state index >= 15 is 0 Å². The van der Waals surface area contributed by atoms with Crippen molar-refractivity contribution in [3.05, 3.63) is 54.6 Å². The van der Waals surface area contributed by atoms with E-state index in [0.717, 1.165) is 16.8 Å². The van der Waals surface area contributed by atoms with Crippen LogP contribution in [0.1, 0.15) is 64.0 Å². The van der Waals surface area contributed by atoms with Gasteiger partial charge in [-0.3, -0.25) is 14.4 Å². The second kappa shape index (κ2) is 12.1. The van der Waals surface area contributed by atoms with Crippen molar-refractivity contribution in [3.8, 4) is 0 Å². The molecule has 0 radical (unpaired) electrons. The number of ether oxygens (including phenoxy) is 2. The molecule has 0 aliphatic carbocycles. The third-order valence-corrected chi connectivity index (χ3v) is 9.08. The number of unbranched alkanes of at least 4 members (excludes halogenated alkanes) is 1. The van der Waals surface area contributed by atoms with Gasteiger partial charge in [0.05, 0.1) is 30.8 Å². The zero-order valence-electron chi connectivity index (χ0n) is 25.2. The number of likely N-dealkylation sites (tertiary alicyclic amines) is 1. The number of rotatable bonds is 13. The first-order chi connectivity index (χ1) is 19.5. The molecule has 8 heteroatoms. The molecule has 0 saturated carbocycles. The molecule has 224 valence electrons. The lowest BCUT2D eigenvalue weighted by molar-refractivity contribution is -0.160. The zero-order chi connectivity index (χ0) is 30.1. The molecule has 2 unspecified atom stereocenters. The number of benzene rings is 1. The van der Waals surface area contributed by atoms with Crippen LogP contribution in [0.2, 0.25) is 0 Å². The van der Waals surface area contributed by atoms with Crippen LogP contribution in [-0.4, -0.2) is 70.8 Å². The Balaban J connectivity index is 1.82. The summed E-state index contributed by atoms with van der Waals surface area (Å²) < 4.78 is 12.4. The first-order valence-corrected chi connectivity index (χ1v) is 14.9. The van der Waals surface area contributed by atoms with Crippen LogP contribution >= 0.6 is 0 Å². The molecule has 6 atom stereocenters. The van der Waals surface area contributed by atoms with E-state index in [0.29, 0.717) is 32.1 Å². The highest BCUT2D eigenvalue weighted by Gasteiger charge is 2.79. The van der Waals surface area contributed by atoms with Gasteiger partial charge in [-0.2, -0.15) is 0 Å². The van der Waals surface area contributed by atoms with Gasteiger partial charge >= 0.3 is 5.97 Å². The van der Waals surface area contributed by atoms with Crippen LogP contribution in [0.4, 0.5) is 5.69 Å². The molecule has 1 N–H and O–H groups in total. The van der Waals surface area contributed by atoms with Gasteiger partial charge < -0.3 is 24.4 Å². The van der Waals surface area contributed by atoms with Crippen molar-refractivity contribution in [2.45, 2.75) is 90.0 Å². The fourth-order valence-electron chi connectivity index (χ4n) is 7.30. The predicted octanol–water partition coefficient (Wildman–Crippen LogP) is 4.50. The minimum absolute atomic E-state index is 0.164. The van der Waals surface area contributed by atoms with E-state index in [-0.39, 0.29) is 37.5 Å². The first kappa shape index (κ1) is 31.0. The molecule has 3 aliphatic heterocycles. The lowest BCUT2D eigenvalue weighted by Crippen LogP contribution is -2.59. The summed E-state index contributed by atoms with van der Waals surface area (Å²) in [4.78, 5) is 46.1. The Labute approximate surface area is 244 Å². The third kappa shape index (κ3) is 5.37. The van der Waals surface area contributed by atoms with Gasteiger partial charge in [0, 0.05) is 12.2 Å². The predicted molar refractivity (Wildman–Crippen MR) is 158 cm³/mol. The van der Waals surface area contributed by atoms with Crippen molar-refractivity contribution < 1.29 is 29.0 Å². The van der Waals surface area contributed by atoms with Crippen molar-refractivity contribution in [1.82, 2.24) is 4.90 Å². The van der Waals surface area contributed by atoms with Crippen LogP contribution in [-0.2, 0) is 23.9 Å². The molecule has 1 aromatic rings. The highest BCUT2D eigenvalue weighted by Crippen LogP contribution is 2.64. The van der Waals surface area contributed by atoms with E-state index in [2.05, 4.69) is 13.2 Å². The van der Waals surface area contributed by atoms with E-state index in [4.69, 9.17) is 9.47 Å². The van der Waals surface area contributed by atoms with Crippen LogP contribution in [0.15, 0.2) is 43.5 Å². The maximum absolute atomic E-state index is 14.8. The summed E-state index contributed by atoms with van der Waals surface area (Å²) >= 11 is 0. The monoisotopic (exact) mass is 566 g/mol. The average molecular weight is 567 g/mol. The van der Waals surface area contributed by atoms with Gasteiger partial charge in [0.1, 0.15) is 17.6 Å². The van der Waals surface area contributed by atoms with Gasteiger partial charge in [0.2, 0.25) is 5.91 Å². The summed E-state index contributed by atoms with van der Waals surface area (Å²) in [6.07, 6.45) is 6.30. The average Bonchev–Trinajstić information content (AvgIpc) is 3.50. The van der Waals surface area contributed by atoms with E-state index in [1.165, 1.54) is 0 Å². The lowest BCUT2D eigenvalue weighted by atomic mass is 9.66. The van der Waals surface area contributed by atoms with Crippen molar-refractivity contribution in [1.29, 1.82) is 0 Å². The number of aliphatic hydroxyl groups is 1. The van der Waals surface area contributed by atoms with Gasteiger partial charge in [-0.15, -0.1) is 13.2 Å². The number of hydrogen-bond donors (Lipinski definition) is 1. The molecule has 3 heterocycles. The number of allylic oxidation sites excluding steroid dienone is 1. The van der Waals surface area contributed by atoms with E-state index in [1.807, 2.05) is 52.8 Å². The third-order valence-electron chi connectivity index (χ3n) is 9.08. The van der Waals surface area contributed by atoms with Crippen LogP contribution in [0.25, 0.3) is 0 Å². The van der Waals surface area contributed by atoms with Crippen LogP contribution < -0.4 is 4.90 Å². The number of anilines is 1. The Morgan fingerprint density at radius 3 is 2.61 bits per heavy atom. The molecule has 41 heavy (non-hydrogen) atoms. The fourth-order valence-corrected chi connectivity index (χ4v) is 7.30. The largest absolute Gasteiger partial charge is 0.465 e. The number of carbonyl (C=O) groups excluding carboxylic acids is 3. The molecule has 1 aromatic carbocycles. The number of aliphatic hydroxyl groups excluding tert-OH is 1. The minimum Gasteiger partial charge on any atom is -0.465 e. The van der Waals surface area contributed by atoms with E-state index in [1.54, 1.807) is 22.0 Å². The molecule has 0 aromatic heterocycles. The number of nitrogens with zero attached hydrogens (tertiary/aromatic N) is 2. The summed E-state index contributed by atoms with van der Waals surface area (Å²) in [6, 6.07) is 4.33. The van der Waals surface area contributed by atoms with E-state index in [9.17, 15) is 19.5 Å². The Hall–Kier alpha value is -2.97. The summed E-state index contributed by atoms with van der Waals surface area (Å²) in [5.41, 5.74) is 0.538. The van der Waals surface area contributed by atoms with Gasteiger partial charge in [-0.25, -0.2) is 0 Å². The topological polar surface area (TPSA) is 96.4 Å². The second-order valence-corrected chi connectivity index (χ2v) is 12.6. The number of carbonyl (C=O) groups is 3. The fraction of sp³-hybridized carbons (Fsp3) is 0.606. The number of aryl methyl sites for hydroxylation is 2. The van der Waals surface area contributed by atoms with Crippen molar-refractivity contribution >= 4 is 23.5 Å². The quantitative estimate of drug-likeness (QED) is 0.215. The van der Waals surface area contributed by atoms with E-state index < -0.39 is 41.1 Å². The molecule has 3 aliphatic rings. The van der Waals surface area contributed by atoms with Crippen molar-refractivity contribution in [3.63, 3.8) is 0 Å². The Kier molecular flexibility index (Phi) is 9.14. The first-order valence-electron chi connectivity index (χ1n) is 14.9. The SMILES string of the molecule is C=CCCCOC(=O)[C@H]1[C@H]2C(=O)N([C@@H](CO)CC(C)C)C(C(=O)N(CC=C)c3cc(C)ccc3C)C23CC[C@]1(C)O3. The molecular weight excluding hydrogens is 520 g/mol. The number of fused-ring (bicyclic) bond motifs is 1. The molecular formula is C33H46N2O6. The van der Waals surface area contributed by atoms with Gasteiger partial charge in [-0.1, -0.05) is 38.1 Å². The number of hydrogen-bond acceptors (Lipinski definition) is 6. The normalized spacial score (nSPS) is 29.0. The van der Waals surface area contributed by atoms with Gasteiger partial charge in [0.15, 0.2) is 0 Å². The summed E-state index contributed by atoms with van der Waals surface area (Å²) in [7, 11) is 0. The maximum atomic E-state index is 14.8. The Morgan fingerprint density at radius 1 is 1.24 bits per heavy atom. The van der Waals surface area contributed by atoms with Crippen molar-refractivity contribution in [2.75, 3.05) is 24.7 Å². The summed E-state index contributed by atoms with van der Waals surface area (Å²) in [5.74, 6) is -2.61. The van der Waals surface area contributed by atoms with Crippen molar-refractivity contribution in [2.24, 2.45) is 17.8 Å². The number of amides is 2. The van der Waals surface area contributed by atoms with Crippen LogP contribution in [0, 0.1) is 31.6 Å². The minimum atomic E-state index is -1.20. The van der Waals surface area contributed by atoms with Gasteiger partial charge in [0.25, 0.3) is 5.91 Å². The lowest BCUT2D eigenvalue weighted by Gasteiger charge is -2.40. The highest BCUT2D eigenvalue weighted by atomic mass is 16.6. The molecule has 4 rings (SSSR count). The van der Waals surface area contributed by atoms with Crippen LogP contribution in [0.3, 0.4) is 0 Å². The summed E-state index contributed by atoms with van der Waals surface area (Å²) in [6.45, 7) is 17.6. The Morgan fingerprint density at radius 2 is 1.98 bits per heavy atom. The molecule has 3 saturated heterocycles. The molecule has 2 amide bonds. The molecule has 1 spiro atoms. The summed E-state index contributed by atoms with van der Waals surface area (Å²) in [5, 5.41) is 10.5. The highest BCUT2D eigenvalue weighted by molar-refractivity contribution is 6.05. The van der Waals surface area contributed by atoms with Gasteiger partial charge in [-0.05, 0) is 76.0 Å². The smallest absolute Gasteiger partial charge is 0.312 e. The van der Waals surface area contributed by atoms with Crippen LogP contribution in [0.5, 0.6) is 0 Å². The molecule has 8 nitrogen and oxygen atoms in total. The second-order valence-electron chi connectivity index (χ2n) is 12.6. The standard InChI is InChI=1S/C33H46N2O6/c1-8-10-11-17-40-31(39)27-26-29(37)35(24(20-36)18-21(3)4)28(33(26)15-14-32(27,7)41-33)30(38)34(16-9-2)25-19-22(5)12-13-23(25)6/h8-9,12-13,19,21,24,26-28,36H,1-2,10-11,14-18,20H2,3-7H3/t24-,26+,27-,28?,32+,33?/m1/s1. The molecule has 2 bridgehead atoms. The molecule has 3 fully saturated rings.